The van der Waals surface area contributed by atoms with Gasteiger partial charge < -0.3 is 9.47 Å². The Morgan fingerprint density at radius 3 is 2.34 bits per heavy atom. The Labute approximate surface area is 188 Å². The van der Waals surface area contributed by atoms with Crippen LogP contribution in [-0.4, -0.2) is 65.6 Å². The summed E-state index contributed by atoms with van der Waals surface area (Å²) in [5.74, 6) is -1.67. The molecule has 178 valence electrons. The third-order valence-electron chi connectivity index (χ3n) is 5.66. The van der Waals surface area contributed by atoms with E-state index in [1.54, 1.807) is 6.92 Å². The predicted octanol–water partition coefficient (Wildman–Crippen LogP) is 1.36. The summed E-state index contributed by atoms with van der Waals surface area (Å²) in [5.41, 5.74) is -1.17. The van der Waals surface area contributed by atoms with Gasteiger partial charge in [-0.05, 0) is 51.8 Å². The van der Waals surface area contributed by atoms with Crippen molar-refractivity contribution in [3.63, 3.8) is 0 Å². The Balaban J connectivity index is 1.94. The first-order chi connectivity index (χ1) is 14.8. The molecule has 0 atom stereocenters. The van der Waals surface area contributed by atoms with Crippen LogP contribution in [0.15, 0.2) is 23.1 Å². The molecule has 2 fully saturated rings. The van der Waals surface area contributed by atoms with E-state index in [1.165, 1.54) is 37.4 Å². The lowest BCUT2D eigenvalue weighted by Crippen LogP contribution is -2.40. The zero-order chi connectivity index (χ0) is 23.9. The van der Waals surface area contributed by atoms with E-state index in [0.29, 0.717) is 17.1 Å². The van der Waals surface area contributed by atoms with E-state index >= 15 is 0 Å². The Morgan fingerprint density at radius 2 is 1.84 bits per heavy atom. The van der Waals surface area contributed by atoms with E-state index in [-0.39, 0.29) is 53.7 Å². The third kappa shape index (κ3) is 4.35. The van der Waals surface area contributed by atoms with Crippen LogP contribution in [0.25, 0.3) is 0 Å². The molecule has 0 N–H and O–H groups in total. The van der Waals surface area contributed by atoms with Crippen LogP contribution in [0.1, 0.15) is 33.6 Å². The highest BCUT2D eigenvalue weighted by molar-refractivity contribution is 7.94. The van der Waals surface area contributed by atoms with Crippen molar-refractivity contribution < 1.29 is 35.9 Å². The van der Waals surface area contributed by atoms with E-state index in [2.05, 4.69) is 0 Å². The van der Waals surface area contributed by atoms with Crippen molar-refractivity contribution in [3.05, 3.63) is 18.2 Å². The highest BCUT2D eigenvalue weighted by atomic mass is 32.2. The highest BCUT2D eigenvalue weighted by Gasteiger charge is 2.50. The van der Waals surface area contributed by atoms with Gasteiger partial charge >= 0.3 is 5.97 Å². The van der Waals surface area contributed by atoms with Gasteiger partial charge in [-0.1, -0.05) is 0 Å². The summed E-state index contributed by atoms with van der Waals surface area (Å²) >= 11 is 0. The van der Waals surface area contributed by atoms with Crippen molar-refractivity contribution in [2.75, 3.05) is 36.9 Å². The summed E-state index contributed by atoms with van der Waals surface area (Å²) in [6, 6.07) is 3.84. The Morgan fingerprint density at radius 1 is 1.22 bits per heavy atom. The molecule has 1 aromatic carbocycles. The Bertz CT molecular complexity index is 1120. The van der Waals surface area contributed by atoms with Gasteiger partial charge in [-0.2, -0.15) is 4.31 Å². The zero-order valence-corrected chi connectivity index (χ0v) is 20.2. The van der Waals surface area contributed by atoms with Gasteiger partial charge in [0.1, 0.15) is 10.6 Å². The fraction of sp³-hybridized carbons (Fsp3) is 0.600. The van der Waals surface area contributed by atoms with Crippen LogP contribution < -0.4 is 9.04 Å². The standard InChI is InChI=1S/C20H28N2O8S2/c1-5-30-18(23)14-8-10-21(11-9-14)32(27,28)17-12-15(6-7-16(17)29-4)22-19(24)20(2,3)13-31(22,25)26/h6-7,12,14H,5,8-11,13H2,1-4H3. The maximum Gasteiger partial charge on any atom is 0.309 e. The smallest absolute Gasteiger partial charge is 0.309 e. The number of carbonyl (C=O) groups excluding carboxylic acids is 2. The van der Waals surface area contributed by atoms with Crippen molar-refractivity contribution >= 4 is 37.6 Å². The number of esters is 1. The number of rotatable bonds is 6. The van der Waals surface area contributed by atoms with Gasteiger partial charge in [0.2, 0.25) is 26.0 Å². The topological polar surface area (TPSA) is 127 Å². The molecule has 0 bridgehead atoms. The maximum absolute atomic E-state index is 13.4. The van der Waals surface area contributed by atoms with Gasteiger partial charge in [-0.25, -0.2) is 21.1 Å². The number of hydrogen-bond acceptors (Lipinski definition) is 8. The van der Waals surface area contributed by atoms with Crippen LogP contribution in [0.4, 0.5) is 5.69 Å². The van der Waals surface area contributed by atoms with E-state index in [9.17, 15) is 26.4 Å². The number of piperidine rings is 1. The highest BCUT2D eigenvalue weighted by Crippen LogP contribution is 2.39. The van der Waals surface area contributed by atoms with Crippen LogP contribution >= 0.6 is 0 Å². The average molecular weight is 489 g/mol. The summed E-state index contributed by atoms with van der Waals surface area (Å²) in [4.78, 5) is 24.4. The van der Waals surface area contributed by atoms with Crippen LogP contribution in [0.5, 0.6) is 5.75 Å². The van der Waals surface area contributed by atoms with Crippen molar-refractivity contribution in [2.24, 2.45) is 11.3 Å². The molecule has 0 saturated carbocycles. The second kappa shape index (κ2) is 8.64. The number of hydrogen-bond donors (Lipinski definition) is 0. The van der Waals surface area contributed by atoms with E-state index in [0.717, 1.165) is 6.07 Å². The molecule has 10 nitrogen and oxygen atoms in total. The molecule has 2 aliphatic heterocycles. The molecule has 1 aromatic rings. The molecule has 2 aliphatic rings. The number of ether oxygens (including phenoxy) is 2. The second-order valence-corrected chi connectivity index (χ2v) is 12.2. The molecular formula is C20H28N2O8S2. The number of sulfonamides is 2. The van der Waals surface area contributed by atoms with Gasteiger partial charge in [0.05, 0.1) is 36.5 Å². The van der Waals surface area contributed by atoms with E-state index in [4.69, 9.17) is 9.47 Å². The molecule has 0 unspecified atom stereocenters. The first-order valence-corrected chi connectivity index (χ1v) is 13.3. The van der Waals surface area contributed by atoms with Gasteiger partial charge in [0.25, 0.3) is 0 Å². The zero-order valence-electron chi connectivity index (χ0n) is 18.5. The lowest BCUT2D eigenvalue weighted by atomic mass is 9.95. The first kappa shape index (κ1) is 24.5. The molecule has 2 heterocycles. The molecular weight excluding hydrogens is 460 g/mol. The van der Waals surface area contributed by atoms with E-state index in [1.807, 2.05) is 0 Å². The van der Waals surface area contributed by atoms with Crippen molar-refractivity contribution in [1.29, 1.82) is 0 Å². The lowest BCUT2D eigenvalue weighted by molar-refractivity contribution is -0.149. The number of anilines is 1. The predicted molar refractivity (Wildman–Crippen MR) is 116 cm³/mol. The molecule has 3 rings (SSSR count). The molecule has 1 amide bonds. The SMILES string of the molecule is CCOC(=O)C1CCN(S(=O)(=O)c2cc(N3C(=O)C(C)(C)CS3(=O)=O)ccc2OC)CC1. The van der Waals surface area contributed by atoms with Gasteiger partial charge in [0.15, 0.2) is 0 Å². The number of carbonyl (C=O) groups is 2. The quantitative estimate of drug-likeness (QED) is 0.549. The summed E-state index contributed by atoms with van der Waals surface area (Å²) in [5, 5.41) is 0. The van der Waals surface area contributed by atoms with Crippen LogP contribution in [0, 0.1) is 11.3 Å². The summed E-state index contributed by atoms with van der Waals surface area (Å²) in [7, 11) is -6.71. The molecule has 2 saturated heterocycles. The molecule has 0 aliphatic carbocycles. The van der Waals surface area contributed by atoms with Crippen LogP contribution in [0.2, 0.25) is 0 Å². The Kier molecular flexibility index (Phi) is 6.60. The summed E-state index contributed by atoms with van der Waals surface area (Å²) < 4.78 is 64.2. The minimum Gasteiger partial charge on any atom is -0.495 e. The van der Waals surface area contributed by atoms with Crippen molar-refractivity contribution in [1.82, 2.24) is 4.31 Å². The van der Waals surface area contributed by atoms with Gasteiger partial charge in [-0.15, -0.1) is 0 Å². The molecule has 0 radical (unpaired) electrons. The normalized spacial score (nSPS) is 21.5. The second-order valence-electron chi connectivity index (χ2n) is 8.48. The monoisotopic (exact) mass is 488 g/mol. The summed E-state index contributed by atoms with van der Waals surface area (Å²) in [6.45, 7) is 5.24. The Hall–Kier alpha value is -2.18. The van der Waals surface area contributed by atoms with Crippen LogP contribution in [0.3, 0.4) is 0 Å². The molecule has 32 heavy (non-hydrogen) atoms. The lowest BCUT2D eigenvalue weighted by Gasteiger charge is -2.30. The molecule has 0 aromatic heterocycles. The first-order valence-electron chi connectivity index (χ1n) is 10.3. The molecule has 0 spiro atoms. The van der Waals surface area contributed by atoms with E-state index < -0.39 is 31.4 Å². The van der Waals surface area contributed by atoms with Gasteiger partial charge in [0, 0.05) is 13.1 Å². The fourth-order valence-corrected chi connectivity index (χ4v) is 7.73. The third-order valence-corrected chi connectivity index (χ3v) is 9.60. The number of nitrogens with zero attached hydrogens (tertiary/aromatic N) is 2. The largest absolute Gasteiger partial charge is 0.495 e. The minimum atomic E-state index is -4.08. The minimum absolute atomic E-state index is 0.0320. The van der Waals surface area contributed by atoms with Crippen molar-refractivity contribution in [2.45, 2.75) is 38.5 Å². The summed E-state index contributed by atoms with van der Waals surface area (Å²) in [6.07, 6.45) is 0.625. The average Bonchev–Trinajstić information content (AvgIpc) is 2.90. The number of benzene rings is 1. The number of methoxy groups -OCH3 is 1. The maximum atomic E-state index is 13.4. The fourth-order valence-electron chi connectivity index (χ4n) is 3.99. The number of amides is 1. The molecule has 12 heteroatoms. The van der Waals surface area contributed by atoms with Crippen LogP contribution in [-0.2, 0) is 34.4 Å². The van der Waals surface area contributed by atoms with Gasteiger partial charge in [-0.3, -0.25) is 9.59 Å². The van der Waals surface area contributed by atoms with Crippen molar-refractivity contribution in [3.8, 4) is 5.75 Å².